The molecule has 1 aromatic heterocycles. The molecule has 2 aliphatic heterocycles. The Labute approximate surface area is 223 Å². The zero-order valence-electron chi connectivity index (χ0n) is 20.5. The minimum Gasteiger partial charge on any atom is -0.353 e. The van der Waals surface area contributed by atoms with Crippen LogP contribution in [0, 0.1) is 0 Å². The number of aromatic nitrogens is 1. The maximum atomic E-state index is 14.1. The first kappa shape index (κ1) is 28.0. The van der Waals surface area contributed by atoms with Crippen molar-refractivity contribution in [3.63, 3.8) is 0 Å². The average Bonchev–Trinajstić information content (AvgIpc) is 3.24. The molecule has 1 atom stereocenters. The zero-order chi connectivity index (χ0) is 27.7. The first-order chi connectivity index (χ1) is 17.9. The maximum absolute atomic E-state index is 14.1. The molecule has 2 saturated heterocycles. The lowest BCUT2D eigenvalue weighted by molar-refractivity contribution is -0.139. The summed E-state index contributed by atoms with van der Waals surface area (Å²) >= 11 is 6.23. The van der Waals surface area contributed by atoms with Gasteiger partial charge in [-0.25, -0.2) is 18.2 Å². The van der Waals surface area contributed by atoms with Crippen LogP contribution in [0.4, 0.5) is 23.8 Å². The van der Waals surface area contributed by atoms with E-state index in [0.717, 1.165) is 11.0 Å². The van der Waals surface area contributed by atoms with Gasteiger partial charge < -0.3 is 15.1 Å². The van der Waals surface area contributed by atoms with Gasteiger partial charge >= 0.3 is 12.2 Å². The van der Waals surface area contributed by atoms with Crippen LogP contribution in [-0.4, -0.2) is 79.3 Å². The van der Waals surface area contributed by atoms with E-state index in [1.165, 1.54) is 40.3 Å². The number of anilines is 1. The van der Waals surface area contributed by atoms with Gasteiger partial charge in [-0.2, -0.15) is 13.2 Å². The Kier molecular flexibility index (Phi) is 7.80. The largest absolute Gasteiger partial charge is 0.419 e. The molecule has 1 aromatic carbocycles. The van der Waals surface area contributed by atoms with Gasteiger partial charge in [-0.1, -0.05) is 37.1 Å². The molecule has 3 heterocycles. The van der Waals surface area contributed by atoms with Gasteiger partial charge in [-0.3, -0.25) is 9.69 Å². The van der Waals surface area contributed by atoms with E-state index in [9.17, 15) is 31.2 Å². The summed E-state index contributed by atoms with van der Waals surface area (Å²) in [6.07, 6.45) is -2.26. The van der Waals surface area contributed by atoms with Crippen molar-refractivity contribution in [2.45, 2.75) is 35.7 Å². The molecule has 14 heteroatoms. The van der Waals surface area contributed by atoms with E-state index in [0.29, 0.717) is 12.8 Å². The van der Waals surface area contributed by atoms with E-state index in [-0.39, 0.29) is 48.5 Å². The van der Waals surface area contributed by atoms with Crippen molar-refractivity contribution in [1.82, 2.24) is 20.1 Å². The minimum atomic E-state index is -4.61. The number of carbonyl (C=O) groups is 2. The van der Waals surface area contributed by atoms with Gasteiger partial charge in [-0.05, 0) is 30.7 Å². The van der Waals surface area contributed by atoms with Crippen molar-refractivity contribution in [3.8, 4) is 0 Å². The molecule has 0 spiro atoms. The van der Waals surface area contributed by atoms with Crippen LogP contribution >= 0.6 is 11.6 Å². The number of amides is 3. The molecule has 0 bridgehead atoms. The lowest BCUT2D eigenvalue weighted by atomic mass is 10.1. The second kappa shape index (κ2) is 10.6. The van der Waals surface area contributed by atoms with Crippen LogP contribution in [0.5, 0.6) is 0 Å². The predicted molar refractivity (Wildman–Crippen MR) is 134 cm³/mol. The number of nitrogens with zero attached hydrogens (tertiary/aromatic N) is 4. The first-order valence-corrected chi connectivity index (χ1v) is 13.9. The highest BCUT2D eigenvalue weighted by Crippen LogP contribution is 2.39. The van der Waals surface area contributed by atoms with Crippen LogP contribution in [0.3, 0.4) is 0 Å². The maximum Gasteiger partial charge on any atom is 0.419 e. The summed E-state index contributed by atoms with van der Waals surface area (Å²) in [5.74, 6) is -1.09. The topological polar surface area (TPSA) is 103 Å². The summed E-state index contributed by atoms with van der Waals surface area (Å²) in [6.45, 7) is 1.24. The minimum absolute atomic E-state index is 0.00953. The molecule has 9 nitrogen and oxygen atoms in total. The Balaban J connectivity index is 1.69. The number of piperazine rings is 1. The molecule has 1 N–H and O–H groups in total. The van der Waals surface area contributed by atoms with Crippen LogP contribution in [0.15, 0.2) is 47.5 Å². The number of benzene rings is 1. The summed E-state index contributed by atoms with van der Waals surface area (Å²) in [5.41, 5.74) is -0.895. The van der Waals surface area contributed by atoms with E-state index in [1.54, 1.807) is 6.07 Å². The Bertz CT molecular complexity index is 1320. The third kappa shape index (κ3) is 4.77. The van der Waals surface area contributed by atoms with E-state index in [1.807, 2.05) is 6.92 Å². The predicted octanol–water partition coefficient (Wildman–Crippen LogP) is 3.40. The van der Waals surface area contributed by atoms with Gasteiger partial charge in [0.1, 0.15) is 5.82 Å². The van der Waals surface area contributed by atoms with E-state index >= 15 is 0 Å². The lowest BCUT2D eigenvalue weighted by Crippen LogP contribution is -2.65. The third-order valence-corrected chi connectivity index (χ3v) is 9.56. The van der Waals surface area contributed by atoms with E-state index in [4.69, 9.17) is 11.6 Å². The van der Waals surface area contributed by atoms with Gasteiger partial charge in [0.05, 0.1) is 22.0 Å². The monoisotopic (exact) mass is 573 g/mol. The number of alkyl halides is 3. The highest BCUT2D eigenvalue weighted by Gasteiger charge is 2.63. The number of sulfone groups is 1. The quantitative estimate of drug-likeness (QED) is 0.545. The number of halogens is 4. The van der Waals surface area contributed by atoms with Gasteiger partial charge in [0.25, 0.3) is 5.91 Å². The molecule has 0 radical (unpaired) electrons. The summed E-state index contributed by atoms with van der Waals surface area (Å²) in [4.78, 5) is 32.0. The molecule has 3 amide bonds. The van der Waals surface area contributed by atoms with Crippen LogP contribution < -0.4 is 10.2 Å². The Morgan fingerprint density at radius 3 is 2.45 bits per heavy atom. The number of nitrogens with one attached hydrogen (secondary N) is 1. The highest BCUT2D eigenvalue weighted by molar-refractivity contribution is 7.93. The van der Waals surface area contributed by atoms with Crippen molar-refractivity contribution in [3.05, 3.63) is 53.2 Å². The second-order valence-corrected chi connectivity index (χ2v) is 11.6. The average molecular weight is 574 g/mol. The SMILES string of the molecule is CCCCN1C(=O)NC[C@@]1(C(=O)N1CCN(c2ncccc2C(F)(F)F)CC1)S(=O)(=O)c1ccccc1Cl. The van der Waals surface area contributed by atoms with Gasteiger partial charge in [-0.15, -0.1) is 0 Å². The third-order valence-electron chi connectivity index (χ3n) is 6.76. The van der Waals surface area contributed by atoms with Crippen LogP contribution in [0.2, 0.25) is 5.02 Å². The summed E-state index contributed by atoms with van der Waals surface area (Å²) in [6, 6.07) is 7.14. The molecule has 206 valence electrons. The van der Waals surface area contributed by atoms with Crippen molar-refractivity contribution in [2.75, 3.05) is 44.2 Å². The smallest absolute Gasteiger partial charge is 0.353 e. The molecular formula is C24H27ClF3N5O4S. The number of urea groups is 1. The number of unbranched alkanes of at least 4 members (excludes halogenated alkanes) is 1. The summed E-state index contributed by atoms with van der Waals surface area (Å²) < 4.78 is 68.8. The van der Waals surface area contributed by atoms with Crippen molar-refractivity contribution < 1.29 is 31.2 Å². The zero-order valence-corrected chi connectivity index (χ0v) is 22.1. The normalized spacial score (nSPS) is 20.6. The van der Waals surface area contributed by atoms with Gasteiger partial charge in [0, 0.05) is 38.9 Å². The molecular weight excluding hydrogens is 547 g/mol. The molecule has 0 unspecified atom stereocenters. The Hall–Kier alpha value is -3.06. The molecule has 0 saturated carbocycles. The Morgan fingerprint density at radius 1 is 1.13 bits per heavy atom. The molecule has 38 heavy (non-hydrogen) atoms. The summed E-state index contributed by atoms with van der Waals surface area (Å²) in [7, 11) is -4.54. The number of hydrogen-bond acceptors (Lipinski definition) is 6. The van der Waals surface area contributed by atoms with Crippen LogP contribution in [0.25, 0.3) is 0 Å². The molecule has 2 aromatic rings. The number of hydrogen-bond donors (Lipinski definition) is 1. The number of carbonyl (C=O) groups excluding carboxylic acids is 2. The Morgan fingerprint density at radius 2 is 1.82 bits per heavy atom. The molecule has 2 aliphatic rings. The van der Waals surface area contributed by atoms with E-state index < -0.39 is 44.9 Å². The van der Waals surface area contributed by atoms with Crippen molar-refractivity contribution in [1.29, 1.82) is 0 Å². The van der Waals surface area contributed by atoms with Gasteiger partial charge in [0.15, 0.2) is 0 Å². The number of pyridine rings is 1. The molecule has 2 fully saturated rings. The number of rotatable bonds is 7. The van der Waals surface area contributed by atoms with Crippen molar-refractivity contribution in [2.24, 2.45) is 0 Å². The van der Waals surface area contributed by atoms with Gasteiger partial charge in [0.2, 0.25) is 14.7 Å². The van der Waals surface area contributed by atoms with E-state index in [2.05, 4.69) is 10.3 Å². The first-order valence-electron chi connectivity index (χ1n) is 12.1. The lowest BCUT2D eigenvalue weighted by Gasteiger charge is -2.42. The summed E-state index contributed by atoms with van der Waals surface area (Å²) in [5, 5.41) is 2.43. The van der Waals surface area contributed by atoms with Crippen molar-refractivity contribution >= 4 is 39.2 Å². The van der Waals surface area contributed by atoms with Crippen LogP contribution in [-0.2, 0) is 20.8 Å². The van der Waals surface area contributed by atoms with Crippen LogP contribution in [0.1, 0.15) is 25.3 Å². The standard InChI is InChI=1S/C24H27ClF3N5O4S/c1-2-3-11-33-22(35)30-16-23(33,38(36,37)19-9-5-4-8-18(19)25)21(34)32-14-12-31(13-15-32)20-17(24(26,27)28)7-6-10-29-20/h4-10H,2-3,11-16H2,1H3,(H,30,35)/t23-/m0/s1. The fourth-order valence-corrected chi connectivity index (χ4v) is 7.25. The fraction of sp³-hybridized carbons (Fsp3) is 0.458. The second-order valence-electron chi connectivity index (χ2n) is 9.03. The highest BCUT2D eigenvalue weighted by atomic mass is 35.5. The molecule has 0 aliphatic carbocycles. The molecule has 4 rings (SSSR count). The fourth-order valence-electron chi connectivity index (χ4n) is 4.78.